The molecule has 0 aliphatic heterocycles. The Kier molecular flexibility index (Phi) is 5.34. The first-order chi connectivity index (χ1) is 7.49. The Morgan fingerprint density at radius 3 is 2.06 bits per heavy atom. The molecule has 0 aromatic carbocycles. The van der Waals surface area contributed by atoms with Crippen LogP contribution in [0.2, 0.25) is 0 Å². The van der Waals surface area contributed by atoms with Crippen molar-refractivity contribution in [3.05, 3.63) is 0 Å². The van der Waals surface area contributed by atoms with Crippen LogP contribution in [0, 0.1) is 35.5 Å². The molecule has 1 rings (SSSR count). The van der Waals surface area contributed by atoms with Crippen molar-refractivity contribution in [1.29, 1.82) is 0 Å². The lowest BCUT2D eigenvalue weighted by atomic mass is 9.70. The van der Waals surface area contributed by atoms with E-state index in [1.54, 1.807) is 0 Å². The molecular formula is C16H32. The summed E-state index contributed by atoms with van der Waals surface area (Å²) in [6.45, 7) is 14.6. The van der Waals surface area contributed by atoms with Crippen LogP contribution >= 0.6 is 0 Å². The van der Waals surface area contributed by atoms with Crippen LogP contribution in [0.3, 0.4) is 0 Å². The standard InChI is InChI=1S/C16H32/c1-7-8-13(5)16(11(2)3)15-10-9-12(4)14(15)6/h11-16H,7-10H2,1-6H3. The zero-order valence-corrected chi connectivity index (χ0v) is 12.3. The van der Waals surface area contributed by atoms with Crippen LogP contribution in [0.4, 0.5) is 0 Å². The molecule has 0 saturated heterocycles. The van der Waals surface area contributed by atoms with Crippen LogP contribution in [0.25, 0.3) is 0 Å². The second-order valence-corrected chi connectivity index (χ2v) is 6.66. The fourth-order valence-electron chi connectivity index (χ4n) is 4.17. The zero-order chi connectivity index (χ0) is 12.3. The molecule has 1 aliphatic carbocycles. The van der Waals surface area contributed by atoms with E-state index in [1.165, 1.54) is 25.7 Å². The highest BCUT2D eigenvalue weighted by atomic mass is 14.4. The van der Waals surface area contributed by atoms with Crippen molar-refractivity contribution in [3.63, 3.8) is 0 Å². The molecule has 0 heteroatoms. The first-order valence-electron chi connectivity index (χ1n) is 7.49. The van der Waals surface area contributed by atoms with E-state index in [-0.39, 0.29) is 0 Å². The molecule has 0 aromatic heterocycles. The lowest BCUT2D eigenvalue weighted by Gasteiger charge is -2.36. The average Bonchev–Trinajstić information content (AvgIpc) is 2.50. The lowest BCUT2D eigenvalue weighted by Crippen LogP contribution is -2.29. The Bertz CT molecular complexity index is 194. The van der Waals surface area contributed by atoms with Crippen molar-refractivity contribution in [2.45, 2.75) is 67.2 Å². The second-order valence-electron chi connectivity index (χ2n) is 6.66. The van der Waals surface area contributed by atoms with Gasteiger partial charge in [0.05, 0.1) is 0 Å². The third kappa shape index (κ3) is 3.02. The molecule has 0 heterocycles. The highest BCUT2D eigenvalue weighted by Gasteiger charge is 2.38. The zero-order valence-electron chi connectivity index (χ0n) is 12.3. The third-order valence-corrected chi connectivity index (χ3v) is 5.19. The molecule has 5 unspecified atom stereocenters. The summed E-state index contributed by atoms with van der Waals surface area (Å²) >= 11 is 0. The monoisotopic (exact) mass is 224 g/mol. The van der Waals surface area contributed by atoms with E-state index in [2.05, 4.69) is 41.5 Å². The summed E-state index contributed by atoms with van der Waals surface area (Å²) in [5.41, 5.74) is 0. The van der Waals surface area contributed by atoms with E-state index in [9.17, 15) is 0 Å². The van der Waals surface area contributed by atoms with Gasteiger partial charge >= 0.3 is 0 Å². The van der Waals surface area contributed by atoms with Gasteiger partial charge in [-0.15, -0.1) is 0 Å². The molecular weight excluding hydrogens is 192 g/mol. The first kappa shape index (κ1) is 14.1. The Labute approximate surface area is 103 Å². The summed E-state index contributed by atoms with van der Waals surface area (Å²) in [5, 5.41) is 0. The minimum Gasteiger partial charge on any atom is -0.0654 e. The molecule has 5 atom stereocenters. The maximum atomic E-state index is 2.50. The predicted molar refractivity (Wildman–Crippen MR) is 73.5 cm³/mol. The summed E-state index contributed by atoms with van der Waals surface area (Å²) in [6, 6.07) is 0. The highest BCUT2D eigenvalue weighted by molar-refractivity contribution is 4.87. The van der Waals surface area contributed by atoms with Crippen LogP contribution in [0.15, 0.2) is 0 Å². The van der Waals surface area contributed by atoms with Crippen molar-refractivity contribution < 1.29 is 0 Å². The van der Waals surface area contributed by atoms with Crippen molar-refractivity contribution in [3.8, 4) is 0 Å². The Hall–Kier alpha value is 0. The van der Waals surface area contributed by atoms with Crippen molar-refractivity contribution in [2.24, 2.45) is 35.5 Å². The van der Waals surface area contributed by atoms with E-state index in [4.69, 9.17) is 0 Å². The smallest absolute Gasteiger partial charge is 0.0334 e. The molecule has 1 aliphatic rings. The Balaban J connectivity index is 2.70. The van der Waals surface area contributed by atoms with Crippen LogP contribution in [0.1, 0.15) is 67.2 Å². The molecule has 16 heavy (non-hydrogen) atoms. The molecule has 0 bridgehead atoms. The van der Waals surface area contributed by atoms with Gasteiger partial charge in [0.25, 0.3) is 0 Å². The van der Waals surface area contributed by atoms with Crippen LogP contribution in [-0.4, -0.2) is 0 Å². The second kappa shape index (κ2) is 6.07. The van der Waals surface area contributed by atoms with E-state index in [1.807, 2.05) is 0 Å². The average molecular weight is 224 g/mol. The fraction of sp³-hybridized carbons (Fsp3) is 1.00. The van der Waals surface area contributed by atoms with Gasteiger partial charge in [-0.05, 0) is 41.9 Å². The Morgan fingerprint density at radius 2 is 1.69 bits per heavy atom. The summed E-state index contributed by atoms with van der Waals surface area (Å²) < 4.78 is 0. The van der Waals surface area contributed by atoms with Crippen LogP contribution in [-0.2, 0) is 0 Å². The number of hydrogen-bond donors (Lipinski definition) is 0. The van der Waals surface area contributed by atoms with Gasteiger partial charge < -0.3 is 0 Å². The molecule has 0 amide bonds. The van der Waals surface area contributed by atoms with Gasteiger partial charge in [-0.3, -0.25) is 0 Å². The molecule has 1 saturated carbocycles. The van der Waals surface area contributed by atoms with Gasteiger partial charge in [-0.1, -0.05) is 60.8 Å². The summed E-state index contributed by atoms with van der Waals surface area (Å²) in [6.07, 6.45) is 5.72. The van der Waals surface area contributed by atoms with Crippen LogP contribution in [0.5, 0.6) is 0 Å². The number of hydrogen-bond acceptors (Lipinski definition) is 0. The molecule has 0 nitrogen and oxygen atoms in total. The van der Waals surface area contributed by atoms with Gasteiger partial charge in [-0.25, -0.2) is 0 Å². The Morgan fingerprint density at radius 1 is 1.06 bits per heavy atom. The molecule has 0 aromatic rings. The topological polar surface area (TPSA) is 0 Å². The van der Waals surface area contributed by atoms with Crippen LogP contribution < -0.4 is 0 Å². The quantitative estimate of drug-likeness (QED) is 0.588. The van der Waals surface area contributed by atoms with Crippen molar-refractivity contribution in [1.82, 2.24) is 0 Å². The van der Waals surface area contributed by atoms with E-state index < -0.39 is 0 Å². The van der Waals surface area contributed by atoms with Gasteiger partial charge in [0.15, 0.2) is 0 Å². The SMILES string of the molecule is CCCC(C)C(C(C)C)C1CCC(C)C1C. The van der Waals surface area contributed by atoms with Gasteiger partial charge in [0.1, 0.15) is 0 Å². The summed E-state index contributed by atoms with van der Waals surface area (Å²) in [5.74, 6) is 5.64. The van der Waals surface area contributed by atoms with Gasteiger partial charge in [0, 0.05) is 0 Å². The lowest BCUT2D eigenvalue weighted by molar-refractivity contribution is 0.131. The highest BCUT2D eigenvalue weighted by Crippen LogP contribution is 2.46. The largest absolute Gasteiger partial charge is 0.0654 e. The normalized spacial score (nSPS) is 34.3. The van der Waals surface area contributed by atoms with Crippen molar-refractivity contribution >= 4 is 0 Å². The molecule has 96 valence electrons. The number of rotatable bonds is 5. The van der Waals surface area contributed by atoms with Gasteiger partial charge in [0.2, 0.25) is 0 Å². The summed E-state index contributed by atoms with van der Waals surface area (Å²) in [7, 11) is 0. The minimum atomic E-state index is 0.860. The maximum Gasteiger partial charge on any atom is -0.0334 e. The van der Waals surface area contributed by atoms with Gasteiger partial charge in [-0.2, -0.15) is 0 Å². The van der Waals surface area contributed by atoms with E-state index >= 15 is 0 Å². The predicted octanol–water partition coefficient (Wildman–Crippen LogP) is 5.38. The molecule has 0 N–H and O–H groups in total. The molecule has 0 radical (unpaired) electrons. The fourth-order valence-corrected chi connectivity index (χ4v) is 4.17. The molecule has 0 spiro atoms. The first-order valence-corrected chi connectivity index (χ1v) is 7.49. The maximum absolute atomic E-state index is 2.50. The molecule has 1 fully saturated rings. The van der Waals surface area contributed by atoms with E-state index in [0.717, 1.165) is 35.5 Å². The van der Waals surface area contributed by atoms with Crippen molar-refractivity contribution in [2.75, 3.05) is 0 Å². The minimum absolute atomic E-state index is 0.860. The van der Waals surface area contributed by atoms with E-state index in [0.29, 0.717) is 0 Å². The summed E-state index contributed by atoms with van der Waals surface area (Å²) in [4.78, 5) is 0. The third-order valence-electron chi connectivity index (χ3n) is 5.19.